The molecular weight excluding hydrogens is 254 g/mol. The number of benzene rings is 2. The first-order valence-corrected chi connectivity index (χ1v) is 6.39. The number of aliphatic carboxylic acids is 1. The highest BCUT2D eigenvalue weighted by molar-refractivity contribution is 5.73. The number of ether oxygens (including phenoxy) is 1. The third-order valence-corrected chi connectivity index (χ3v) is 2.94. The Balaban J connectivity index is 1.90. The number of nitrogens with two attached hydrogens (primary N) is 1. The van der Waals surface area contributed by atoms with Crippen molar-refractivity contribution in [2.75, 3.05) is 0 Å². The summed E-state index contributed by atoms with van der Waals surface area (Å²) < 4.78 is 5.65. The van der Waals surface area contributed by atoms with E-state index in [1.807, 2.05) is 54.6 Å². The van der Waals surface area contributed by atoms with Crippen LogP contribution in [0.25, 0.3) is 0 Å². The summed E-state index contributed by atoms with van der Waals surface area (Å²) in [7, 11) is 0. The summed E-state index contributed by atoms with van der Waals surface area (Å²) in [4.78, 5) is 10.7. The fraction of sp³-hybridized carbons (Fsp3) is 0.188. The van der Waals surface area contributed by atoms with Crippen molar-refractivity contribution in [3.05, 3.63) is 65.7 Å². The van der Waals surface area contributed by atoms with E-state index in [-0.39, 0.29) is 0 Å². The molecule has 20 heavy (non-hydrogen) atoms. The van der Waals surface area contributed by atoms with Gasteiger partial charge < -0.3 is 15.6 Å². The topological polar surface area (TPSA) is 72.5 Å². The van der Waals surface area contributed by atoms with Gasteiger partial charge in [0.25, 0.3) is 0 Å². The van der Waals surface area contributed by atoms with Gasteiger partial charge in [-0.05, 0) is 29.7 Å². The van der Waals surface area contributed by atoms with Gasteiger partial charge in [-0.3, -0.25) is 4.79 Å². The first kappa shape index (κ1) is 14.1. The predicted molar refractivity (Wildman–Crippen MR) is 76.5 cm³/mol. The number of carbonyl (C=O) groups is 1. The van der Waals surface area contributed by atoms with Crippen LogP contribution in [0, 0.1) is 0 Å². The average Bonchev–Trinajstić information content (AvgIpc) is 2.47. The molecular formula is C16H17NO3. The van der Waals surface area contributed by atoms with E-state index in [1.54, 1.807) is 0 Å². The zero-order valence-electron chi connectivity index (χ0n) is 11.0. The van der Waals surface area contributed by atoms with Crippen LogP contribution >= 0.6 is 0 Å². The monoisotopic (exact) mass is 271 g/mol. The van der Waals surface area contributed by atoms with E-state index in [2.05, 4.69) is 0 Å². The number of carboxylic acids is 1. The van der Waals surface area contributed by atoms with Crippen LogP contribution in [0.4, 0.5) is 0 Å². The van der Waals surface area contributed by atoms with Gasteiger partial charge in [-0.25, -0.2) is 0 Å². The Bertz CT molecular complexity index is 552. The third kappa shape index (κ3) is 4.10. The minimum absolute atomic E-state index is 0.314. The SMILES string of the molecule is N[C@H](Cc1ccc(OCc2ccccc2)cc1)C(=O)O. The van der Waals surface area contributed by atoms with Gasteiger partial charge in [0.15, 0.2) is 0 Å². The van der Waals surface area contributed by atoms with Crippen LogP contribution in [0.2, 0.25) is 0 Å². The van der Waals surface area contributed by atoms with Crippen molar-refractivity contribution in [3.63, 3.8) is 0 Å². The predicted octanol–water partition coefficient (Wildman–Crippen LogP) is 2.22. The summed E-state index contributed by atoms with van der Waals surface area (Å²) in [5, 5.41) is 8.76. The second-order valence-electron chi connectivity index (χ2n) is 4.57. The zero-order valence-corrected chi connectivity index (χ0v) is 11.0. The molecule has 0 spiro atoms. The molecule has 0 unspecified atom stereocenters. The molecule has 0 aliphatic carbocycles. The zero-order chi connectivity index (χ0) is 14.4. The lowest BCUT2D eigenvalue weighted by Crippen LogP contribution is -2.32. The Labute approximate surface area is 117 Å². The maximum absolute atomic E-state index is 10.7. The summed E-state index contributed by atoms with van der Waals surface area (Å²) in [5.41, 5.74) is 7.47. The van der Waals surface area contributed by atoms with Crippen molar-refractivity contribution in [2.45, 2.75) is 19.1 Å². The van der Waals surface area contributed by atoms with Crippen molar-refractivity contribution in [1.29, 1.82) is 0 Å². The van der Waals surface area contributed by atoms with Crippen molar-refractivity contribution >= 4 is 5.97 Å². The van der Waals surface area contributed by atoms with E-state index in [1.165, 1.54) is 0 Å². The lowest BCUT2D eigenvalue weighted by atomic mass is 10.1. The van der Waals surface area contributed by atoms with Crippen molar-refractivity contribution in [3.8, 4) is 5.75 Å². The first-order chi connectivity index (χ1) is 9.65. The Hall–Kier alpha value is -2.33. The Morgan fingerprint density at radius 2 is 1.70 bits per heavy atom. The number of rotatable bonds is 6. The molecule has 2 rings (SSSR count). The molecule has 0 saturated heterocycles. The number of hydrogen-bond donors (Lipinski definition) is 2. The Morgan fingerprint density at radius 3 is 2.30 bits per heavy atom. The highest BCUT2D eigenvalue weighted by atomic mass is 16.5. The molecule has 0 aliphatic rings. The second kappa shape index (κ2) is 6.73. The normalized spacial score (nSPS) is 11.8. The lowest BCUT2D eigenvalue weighted by molar-refractivity contribution is -0.138. The van der Waals surface area contributed by atoms with Gasteiger partial charge in [-0.2, -0.15) is 0 Å². The van der Waals surface area contributed by atoms with Gasteiger partial charge >= 0.3 is 5.97 Å². The van der Waals surface area contributed by atoms with Crippen LogP contribution in [-0.4, -0.2) is 17.1 Å². The van der Waals surface area contributed by atoms with Crippen LogP contribution in [0.5, 0.6) is 5.75 Å². The molecule has 0 amide bonds. The van der Waals surface area contributed by atoms with Crippen LogP contribution in [0.15, 0.2) is 54.6 Å². The Morgan fingerprint density at radius 1 is 1.05 bits per heavy atom. The molecule has 0 heterocycles. The maximum Gasteiger partial charge on any atom is 0.320 e. The van der Waals surface area contributed by atoms with Crippen LogP contribution in [0.1, 0.15) is 11.1 Å². The molecule has 4 nitrogen and oxygen atoms in total. The maximum atomic E-state index is 10.7. The van der Waals surface area contributed by atoms with Gasteiger partial charge in [0.1, 0.15) is 18.4 Å². The van der Waals surface area contributed by atoms with E-state index in [9.17, 15) is 4.79 Å². The van der Waals surface area contributed by atoms with Crippen molar-refractivity contribution in [2.24, 2.45) is 5.73 Å². The van der Waals surface area contributed by atoms with Gasteiger partial charge in [0.05, 0.1) is 0 Å². The quantitative estimate of drug-likeness (QED) is 0.845. The van der Waals surface area contributed by atoms with Crippen molar-refractivity contribution < 1.29 is 14.6 Å². The van der Waals surface area contributed by atoms with E-state index < -0.39 is 12.0 Å². The summed E-state index contributed by atoms with van der Waals surface area (Å²) in [5.74, 6) is -0.240. The van der Waals surface area contributed by atoms with Crippen LogP contribution < -0.4 is 10.5 Å². The molecule has 2 aromatic carbocycles. The molecule has 0 bridgehead atoms. The van der Waals surface area contributed by atoms with E-state index >= 15 is 0 Å². The largest absolute Gasteiger partial charge is 0.489 e. The second-order valence-corrected chi connectivity index (χ2v) is 4.57. The highest BCUT2D eigenvalue weighted by Crippen LogP contribution is 2.15. The summed E-state index contributed by atoms with van der Waals surface area (Å²) in [6.45, 7) is 0.509. The molecule has 0 fully saturated rings. The molecule has 4 heteroatoms. The minimum Gasteiger partial charge on any atom is -0.489 e. The fourth-order valence-corrected chi connectivity index (χ4v) is 1.80. The van der Waals surface area contributed by atoms with Gasteiger partial charge in [-0.1, -0.05) is 42.5 Å². The minimum atomic E-state index is -0.991. The number of carboxylic acid groups (broad SMARTS) is 1. The first-order valence-electron chi connectivity index (χ1n) is 6.39. The molecule has 0 aromatic heterocycles. The smallest absolute Gasteiger partial charge is 0.320 e. The molecule has 104 valence electrons. The summed E-state index contributed by atoms with van der Waals surface area (Å²) in [6.07, 6.45) is 0.314. The molecule has 1 atom stereocenters. The molecule has 0 aliphatic heterocycles. The lowest BCUT2D eigenvalue weighted by Gasteiger charge is -2.09. The summed E-state index contributed by atoms with van der Waals surface area (Å²) >= 11 is 0. The van der Waals surface area contributed by atoms with Crippen molar-refractivity contribution in [1.82, 2.24) is 0 Å². The average molecular weight is 271 g/mol. The van der Waals surface area contributed by atoms with Gasteiger partial charge in [0, 0.05) is 0 Å². The fourth-order valence-electron chi connectivity index (χ4n) is 1.80. The standard InChI is InChI=1S/C16H17NO3/c17-15(16(18)19)10-12-6-8-14(9-7-12)20-11-13-4-2-1-3-5-13/h1-9,15H,10-11,17H2,(H,18,19)/t15-/m1/s1. The molecule has 3 N–H and O–H groups in total. The van der Waals surface area contributed by atoms with Crippen LogP contribution in [0.3, 0.4) is 0 Å². The summed E-state index contributed by atoms with van der Waals surface area (Å²) in [6, 6.07) is 16.4. The molecule has 0 radical (unpaired) electrons. The molecule has 0 saturated carbocycles. The Kier molecular flexibility index (Phi) is 4.74. The highest BCUT2D eigenvalue weighted by Gasteiger charge is 2.11. The molecule has 2 aromatic rings. The third-order valence-electron chi connectivity index (χ3n) is 2.94. The van der Waals surface area contributed by atoms with Gasteiger partial charge in [0.2, 0.25) is 0 Å². The van der Waals surface area contributed by atoms with E-state index in [4.69, 9.17) is 15.6 Å². The van der Waals surface area contributed by atoms with Gasteiger partial charge in [-0.15, -0.1) is 0 Å². The number of hydrogen-bond acceptors (Lipinski definition) is 3. The van der Waals surface area contributed by atoms with E-state index in [0.29, 0.717) is 13.0 Å². The van der Waals surface area contributed by atoms with Crippen LogP contribution in [-0.2, 0) is 17.8 Å². The van der Waals surface area contributed by atoms with E-state index in [0.717, 1.165) is 16.9 Å².